The van der Waals surface area contributed by atoms with E-state index in [-0.39, 0.29) is 5.82 Å². The molecule has 0 saturated carbocycles. The van der Waals surface area contributed by atoms with Crippen LogP contribution in [0.2, 0.25) is 0 Å². The number of anilines is 1. The highest BCUT2D eigenvalue weighted by atomic mass is 19.1. The van der Waals surface area contributed by atoms with Crippen LogP contribution in [0.3, 0.4) is 0 Å². The van der Waals surface area contributed by atoms with Crippen molar-refractivity contribution in [2.45, 2.75) is 6.54 Å². The van der Waals surface area contributed by atoms with E-state index >= 15 is 0 Å². The molecule has 0 unspecified atom stereocenters. The molecule has 0 aliphatic heterocycles. The first-order valence-corrected chi connectivity index (χ1v) is 5.93. The summed E-state index contributed by atoms with van der Waals surface area (Å²) in [7, 11) is 3.20. The molecule has 2 aromatic rings. The van der Waals surface area contributed by atoms with Gasteiger partial charge in [-0.15, -0.1) is 0 Å². The average Bonchev–Trinajstić information content (AvgIpc) is 2.46. The lowest BCUT2D eigenvalue weighted by Crippen LogP contribution is -2.02. The number of hydrogen-bond donors (Lipinski definition) is 1. The van der Waals surface area contributed by atoms with E-state index in [1.807, 2.05) is 24.3 Å². The molecule has 4 heteroatoms. The Morgan fingerprint density at radius 3 is 2.37 bits per heavy atom. The van der Waals surface area contributed by atoms with Crippen LogP contribution in [0.15, 0.2) is 42.5 Å². The Bertz CT molecular complexity index is 540. The number of nitrogens with one attached hydrogen (secondary N) is 1. The molecule has 0 bridgehead atoms. The van der Waals surface area contributed by atoms with E-state index in [2.05, 4.69) is 5.32 Å². The SMILES string of the molecule is COc1ccc(NCc2cc(F)ccc2OC)cc1. The Morgan fingerprint density at radius 2 is 1.74 bits per heavy atom. The molecule has 0 aliphatic carbocycles. The van der Waals surface area contributed by atoms with Crippen LogP contribution in [0.25, 0.3) is 0 Å². The number of benzene rings is 2. The van der Waals surface area contributed by atoms with Crippen LogP contribution in [0.5, 0.6) is 11.5 Å². The summed E-state index contributed by atoms with van der Waals surface area (Å²) in [5.74, 6) is 1.20. The average molecular weight is 261 g/mol. The zero-order valence-electron chi connectivity index (χ0n) is 10.9. The van der Waals surface area contributed by atoms with E-state index in [0.717, 1.165) is 17.0 Å². The van der Waals surface area contributed by atoms with Crippen LogP contribution < -0.4 is 14.8 Å². The van der Waals surface area contributed by atoms with Gasteiger partial charge >= 0.3 is 0 Å². The van der Waals surface area contributed by atoms with Crippen LogP contribution in [0.4, 0.5) is 10.1 Å². The van der Waals surface area contributed by atoms with Crippen molar-refractivity contribution in [3.05, 3.63) is 53.8 Å². The van der Waals surface area contributed by atoms with Gasteiger partial charge in [0.2, 0.25) is 0 Å². The van der Waals surface area contributed by atoms with Crippen molar-refractivity contribution in [2.24, 2.45) is 0 Å². The number of halogens is 1. The highest BCUT2D eigenvalue weighted by Gasteiger charge is 2.04. The van der Waals surface area contributed by atoms with E-state index in [0.29, 0.717) is 12.3 Å². The molecule has 2 aromatic carbocycles. The summed E-state index contributed by atoms with van der Waals surface area (Å²) >= 11 is 0. The summed E-state index contributed by atoms with van der Waals surface area (Å²) in [6.07, 6.45) is 0. The number of ether oxygens (including phenoxy) is 2. The molecule has 0 radical (unpaired) electrons. The van der Waals surface area contributed by atoms with Gasteiger partial charge in [-0.1, -0.05) is 0 Å². The first-order chi connectivity index (χ1) is 9.22. The van der Waals surface area contributed by atoms with Gasteiger partial charge in [-0.2, -0.15) is 0 Å². The van der Waals surface area contributed by atoms with E-state index in [1.165, 1.54) is 12.1 Å². The van der Waals surface area contributed by atoms with E-state index in [9.17, 15) is 4.39 Å². The van der Waals surface area contributed by atoms with Gasteiger partial charge in [-0.3, -0.25) is 0 Å². The molecule has 2 rings (SSSR count). The smallest absolute Gasteiger partial charge is 0.124 e. The Hall–Kier alpha value is -2.23. The van der Waals surface area contributed by atoms with Crippen LogP contribution in [0.1, 0.15) is 5.56 Å². The van der Waals surface area contributed by atoms with Gasteiger partial charge in [0.15, 0.2) is 0 Å². The highest BCUT2D eigenvalue weighted by Crippen LogP contribution is 2.21. The number of methoxy groups -OCH3 is 2. The van der Waals surface area contributed by atoms with Gasteiger partial charge in [0.05, 0.1) is 14.2 Å². The molecule has 0 amide bonds. The van der Waals surface area contributed by atoms with Crippen molar-refractivity contribution in [3.63, 3.8) is 0 Å². The number of rotatable bonds is 5. The topological polar surface area (TPSA) is 30.5 Å². The Labute approximate surface area is 112 Å². The molecule has 0 aromatic heterocycles. The van der Waals surface area contributed by atoms with Crippen molar-refractivity contribution >= 4 is 5.69 Å². The zero-order chi connectivity index (χ0) is 13.7. The van der Waals surface area contributed by atoms with Gasteiger partial charge in [0.1, 0.15) is 17.3 Å². The predicted octanol–water partition coefficient (Wildman–Crippen LogP) is 3.46. The van der Waals surface area contributed by atoms with Gasteiger partial charge in [-0.25, -0.2) is 4.39 Å². The normalized spacial score (nSPS) is 10.1. The second kappa shape index (κ2) is 6.09. The molecule has 0 aliphatic rings. The van der Waals surface area contributed by atoms with Crippen LogP contribution in [-0.4, -0.2) is 14.2 Å². The fourth-order valence-electron chi connectivity index (χ4n) is 1.79. The molecule has 3 nitrogen and oxygen atoms in total. The van der Waals surface area contributed by atoms with Gasteiger partial charge in [0.25, 0.3) is 0 Å². The van der Waals surface area contributed by atoms with Gasteiger partial charge < -0.3 is 14.8 Å². The maximum absolute atomic E-state index is 13.2. The molecular weight excluding hydrogens is 245 g/mol. The van der Waals surface area contributed by atoms with Gasteiger partial charge in [0, 0.05) is 17.8 Å². The molecule has 19 heavy (non-hydrogen) atoms. The molecule has 0 fully saturated rings. The van der Waals surface area contributed by atoms with Crippen molar-refractivity contribution in [1.82, 2.24) is 0 Å². The summed E-state index contributed by atoms with van der Waals surface area (Å²) in [4.78, 5) is 0. The largest absolute Gasteiger partial charge is 0.497 e. The quantitative estimate of drug-likeness (QED) is 0.894. The third-order valence-electron chi connectivity index (χ3n) is 2.82. The molecule has 0 heterocycles. The lowest BCUT2D eigenvalue weighted by atomic mass is 10.2. The predicted molar refractivity (Wildman–Crippen MR) is 73.3 cm³/mol. The summed E-state index contributed by atoms with van der Waals surface area (Å²) in [6, 6.07) is 12.0. The molecule has 0 atom stereocenters. The van der Waals surface area contributed by atoms with Crippen LogP contribution in [-0.2, 0) is 6.54 Å². The first kappa shape index (κ1) is 13.2. The highest BCUT2D eigenvalue weighted by molar-refractivity contribution is 5.47. The van der Waals surface area contributed by atoms with E-state index in [4.69, 9.17) is 9.47 Å². The Balaban J connectivity index is 2.07. The van der Waals surface area contributed by atoms with E-state index < -0.39 is 0 Å². The second-order valence-corrected chi connectivity index (χ2v) is 4.04. The summed E-state index contributed by atoms with van der Waals surface area (Å²) in [5, 5.41) is 3.21. The lowest BCUT2D eigenvalue weighted by molar-refractivity contribution is 0.409. The van der Waals surface area contributed by atoms with Crippen molar-refractivity contribution < 1.29 is 13.9 Å². The summed E-state index contributed by atoms with van der Waals surface area (Å²) in [6.45, 7) is 0.493. The third-order valence-corrected chi connectivity index (χ3v) is 2.82. The maximum atomic E-state index is 13.2. The molecular formula is C15H16FNO2. The van der Waals surface area contributed by atoms with Crippen LogP contribution >= 0.6 is 0 Å². The Kier molecular flexibility index (Phi) is 4.23. The third kappa shape index (κ3) is 3.37. The van der Waals surface area contributed by atoms with Crippen molar-refractivity contribution in [3.8, 4) is 11.5 Å². The fourth-order valence-corrected chi connectivity index (χ4v) is 1.79. The summed E-state index contributed by atoms with van der Waals surface area (Å²) < 4.78 is 23.5. The molecule has 0 spiro atoms. The van der Waals surface area contributed by atoms with Crippen molar-refractivity contribution in [1.29, 1.82) is 0 Å². The zero-order valence-corrected chi connectivity index (χ0v) is 10.9. The summed E-state index contributed by atoms with van der Waals surface area (Å²) in [5.41, 5.74) is 1.71. The lowest BCUT2D eigenvalue weighted by Gasteiger charge is -2.11. The monoisotopic (exact) mass is 261 g/mol. The minimum atomic E-state index is -0.271. The first-order valence-electron chi connectivity index (χ1n) is 5.93. The fraction of sp³-hybridized carbons (Fsp3) is 0.200. The second-order valence-electron chi connectivity index (χ2n) is 4.04. The molecule has 100 valence electrons. The maximum Gasteiger partial charge on any atom is 0.124 e. The van der Waals surface area contributed by atoms with Crippen LogP contribution in [0, 0.1) is 5.82 Å². The standard InChI is InChI=1S/C15H16FNO2/c1-18-14-6-4-13(5-7-14)17-10-11-9-12(16)3-8-15(11)19-2/h3-9,17H,10H2,1-2H3. The Morgan fingerprint density at radius 1 is 1.00 bits per heavy atom. The minimum Gasteiger partial charge on any atom is -0.497 e. The molecule has 1 N–H and O–H groups in total. The number of hydrogen-bond acceptors (Lipinski definition) is 3. The minimum absolute atomic E-state index is 0.271. The van der Waals surface area contributed by atoms with Crippen molar-refractivity contribution in [2.75, 3.05) is 19.5 Å². The van der Waals surface area contributed by atoms with Gasteiger partial charge in [-0.05, 0) is 42.5 Å². The van der Waals surface area contributed by atoms with E-state index in [1.54, 1.807) is 20.3 Å². The molecule has 0 saturated heterocycles.